The fourth-order valence-corrected chi connectivity index (χ4v) is 2.23. The summed E-state index contributed by atoms with van der Waals surface area (Å²) in [5.41, 5.74) is 0.740. The molecule has 0 amide bonds. The van der Waals surface area contributed by atoms with Gasteiger partial charge in [-0.05, 0) is 48.8 Å². The lowest BCUT2D eigenvalue weighted by Gasteiger charge is -2.29. The van der Waals surface area contributed by atoms with Crippen LogP contribution >= 0.6 is 0 Å². The van der Waals surface area contributed by atoms with Crippen molar-refractivity contribution < 1.29 is 4.43 Å². The molecule has 0 saturated carbocycles. The van der Waals surface area contributed by atoms with E-state index in [4.69, 9.17) is 4.43 Å². The third-order valence-corrected chi connectivity index (χ3v) is 3.73. The molecule has 0 aromatic rings. The van der Waals surface area contributed by atoms with E-state index in [1.165, 1.54) is 19.3 Å². The summed E-state index contributed by atoms with van der Waals surface area (Å²) < 4.78 is 5.55. The van der Waals surface area contributed by atoms with Crippen LogP contribution in [0.15, 0.2) is 6.08 Å². The van der Waals surface area contributed by atoms with Gasteiger partial charge in [-0.2, -0.15) is 0 Å². The van der Waals surface area contributed by atoms with Crippen LogP contribution in [0.1, 0.15) is 60.8 Å². The first-order chi connectivity index (χ1) is 8.02. The Morgan fingerprint density at radius 2 is 1.67 bits per heavy atom. The molecule has 0 saturated heterocycles. The average Bonchev–Trinajstić information content (AvgIpc) is 2.11. The Morgan fingerprint density at radius 3 is 2.06 bits per heavy atom. The molecule has 0 heterocycles. The second kappa shape index (κ2) is 7.37. The molecule has 0 aliphatic rings. The van der Waals surface area contributed by atoms with E-state index >= 15 is 0 Å². The van der Waals surface area contributed by atoms with E-state index in [2.05, 4.69) is 67.0 Å². The fraction of sp³-hybridized carbons (Fsp3) is 0.875. The highest BCUT2D eigenvalue weighted by Crippen LogP contribution is 2.33. The van der Waals surface area contributed by atoms with Gasteiger partial charge in [0.05, 0.1) is 0 Å². The van der Waals surface area contributed by atoms with Crippen molar-refractivity contribution in [1.29, 1.82) is 0 Å². The van der Waals surface area contributed by atoms with Crippen molar-refractivity contribution in [2.45, 2.75) is 73.9 Å². The molecule has 0 bridgehead atoms. The minimum Gasteiger partial charge on any atom is -0.545 e. The van der Waals surface area contributed by atoms with Gasteiger partial charge in [-0.15, -0.1) is 0 Å². The van der Waals surface area contributed by atoms with E-state index in [0.29, 0.717) is 16.7 Å². The minimum absolute atomic E-state index is 0.298. The third-order valence-electron chi connectivity index (χ3n) is 3.13. The highest BCUT2D eigenvalue weighted by Gasteiger charge is 2.23. The highest BCUT2D eigenvalue weighted by molar-refractivity contribution is 6.48. The average molecular weight is 270 g/mol. The summed E-state index contributed by atoms with van der Waals surface area (Å²) in [6.07, 6.45) is 9.04. The molecule has 0 aromatic heterocycles. The molecule has 0 aliphatic carbocycles. The third kappa shape index (κ3) is 9.75. The van der Waals surface area contributed by atoms with Gasteiger partial charge >= 0.3 is 0 Å². The Bertz CT molecular complexity index is 243. The van der Waals surface area contributed by atoms with Crippen LogP contribution < -0.4 is 0 Å². The number of rotatable bonds is 6. The first-order valence-corrected chi connectivity index (χ1v) is 10.0. The number of hydrogen-bond donors (Lipinski definition) is 0. The molecule has 107 valence electrons. The molecule has 0 rings (SSSR count). The Kier molecular flexibility index (Phi) is 7.27. The van der Waals surface area contributed by atoms with E-state index in [-0.39, 0.29) is 0 Å². The first kappa shape index (κ1) is 17.8. The molecule has 0 aromatic carbocycles. The number of allylic oxidation sites excluding steroid dienone is 1. The van der Waals surface area contributed by atoms with Gasteiger partial charge in [0.2, 0.25) is 9.04 Å². The van der Waals surface area contributed by atoms with E-state index < -0.39 is 9.04 Å². The van der Waals surface area contributed by atoms with Crippen LogP contribution in [-0.4, -0.2) is 9.04 Å². The minimum atomic E-state index is -0.980. The van der Waals surface area contributed by atoms with Crippen LogP contribution in [0.4, 0.5) is 0 Å². The summed E-state index contributed by atoms with van der Waals surface area (Å²) in [7, 11) is -0.980. The summed E-state index contributed by atoms with van der Waals surface area (Å²) in [6.45, 7) is 18.2. The molecule has 1 nitrogen and oxygen atoms in total. The van der Waals surface area contributed by atoms with E-state index in [9.17, 15) is 0 Å². The molecular weight excluding hydrogens is 236 g/mol. The predicted octanol–water partition coefficient (Wildman–Crippen LogP) is 5.18. The van der Waals surface area contributed by atoms with Gasteiger partial charge in [-0.3, -0.25) is 0 Å². The Balaban J connectivity index is 4.30. The lowest BCUT2D eigenvalue weighted by atomic mass is 9.76. The maximum absolute atomic E-state index is 5.55. The lowest BCUT2D eigenvalue weighted by molar-refractivity contribution is 0.251. The molecule has 1 radical (unpaired) electrons. The largest absolute Gasteiger partial charge is 0.545 e. The molecule has 1 unspecified atom stereocenters. The molecule has 18 heavy (non-hydrogen) atoms. The normalized spacial score (nSPS) is 15.4. The van der Waals surface area contributed by atoms with Crippen molar-refractivity contribution in [1.82, 2.24) is 0 Å². The SMILES string of the molecule is C[SiH](C)O/[C]=C\C(CCCC(C)(C)C)C(C)(C)C. The zero-order valence-corrected chi connectivity index (χ0v) is 14.9. The lowest BCUT2D eigenvalue weighted by Crippen LogP contribution is -2.19. The second-order valence-electron chi connectivity index (χ2n) is 7.88. The number of hydrogen-bond acceptors (Lipinski definition) is 1. The monoisotopic (exact) mass is 269 g/mol. The molecule has 0 aliphatic heterocycles. The second-order valence-corrected chi connectivity index (χ2v) is 10.2. The predicted molar refractivity (Wildman–Crippen MR) is 84.0 cm³/mol. The zero-order chi connectivity index (χ0) is 14.4. The van der Waals surface area contributed by atoms with Crippen LogP contribution in [0, 0.1) is 23.0 Å². The van der Waals surface area contributed by atoms with Gasteiger partial charge in [-0.25, -0.2) is 0 Å². The summed E-state index contributed by atoms with van der Waals surface area (Å²) in [5.74, 6) is 0.563. The van der Waals surface area contributed by atoms with Crippen molar-refractivity contribution in [3.8, 4) is 0 Å². The van der Waals surface area contributed by atoms with Crippen LogP contribution in [0.2, 0.25) is 13.1 Å². The standard InChI is InChI=1S/C16H33OSi/c1-15(2,3)12-9-10-14(16(4,5)6)11-13-17-18(7)8/h11,14,18H,9-10,12H2,1-8H3. The first-order valence-electron chi connectivity index (χ1n) is 7.27. The van der Waals surface area contributed by atoms with Crippen molar-refractivity contribution >= 4 is 9.04 Å². The van der Waals surface area contributed by atoms with Gasteiger partial charge in [-0.1, -0.05) is 48.0 Å². The van der Waals surface area contributed by atoms with Gasteiger partial charge in [0.25, 0.3) is 0 Å². The van der Waals surface area contributed by atoms with Crippen LogP contribution in [-0.2, 0) is 4.43 Å². The summed E-state index contributed by atoms with van der Waals surface area (Å²) in [4.78, 5) is 0. The van der Waals surface area contributed by atoms with Crippen LogP contribution in [0.25, 0.3) is 0 Å². The quantitative estimate of drug-likeness (QED) is 0.477. The Hall–Kier alpha value is -0.243. The van der Waals surface area contributed by atoms with E-state index in [1.54, 1.807) is 0 Å². The summed E-state index contributed by atoms with van der Waals surface area (Å²) in [6, 6.07) is 0. The van der Waals surface area contributed by atoms with Gasteiger partial charge < -0.3 is 4.43 Å². The topological polar surface area (TPSA) is 9.23 Å². The summed E-state index contributed by atoms with van der Waals surface area (Å²) in [5, 5.41) is 0. The van der Waals surface area contributed by atoms with Gasteiger partial charge in [0.1, 0.15) is 6.26 Å². The fourth-order valence-electron chi connectivity index (χ4n) is 1.88. The molecular formula is C16H33OSi. The maximum Gasteiger partial charge on any atom is 0.229 e. The summed E-state index contributed by atoms with van der Waals surface area (Å²) >= 11 is 0. The van der Waals surface area contributed by atoms with Crippen molar-refractivity contribution in [2.75, 3.05) is 0 Å². The zero-order valence-electron chi connectivity index (χ0n) is 13.8. The Labute approximate surface area is 117 Å². The Morgan fingerprint density at radius 1 is 1.11 bits per heavy atom. The smallest absolute Gasteiger partial charge is 0.229 e. The van der Waals surface area contributed by atoms with Gasteiger partial charge in [0.15, 0.2) is 0 Å². The van der Waals surface area contributed by atoms with Crippen molar-refractivity contribution in [2.24, 2.45) is 16.7 Å². The van der Waals surface area contributed by atoms with Crippen LogP contribution in [0.3, 0.4) is 0 Å². The van der Waals surface area contributed by atoms with Gasteiger partial charge in [0, 0.05) is 0 Å². The van der Waals surface area contributed by atoms with Crippen molar-refractivity contribution in [3.05, 3.63) is 12.3 Å². The van der Waals surface area contributed by atoms with Crippen LogP contribution in [0.5, 0.6) is 0 Å². The van der Waals surface area contributed by atoms with E-state index in [1.807, 2.05) is 0 Å². The molecule has 2 heteroatoms. The molecule has 0 N–H and O–H groups in total. The molecule has 0 spiro atoms. The highest BCUT2D eigenvalue weighted by atomic mass is 28.3. The molecule has 1 atom stereocenters. The van der Waals surface area contributed by atoms with Crippen molar-refractivity contribution in [3.63, 3.8) is 0 Å². The van der Waals surface area contributed by atoms with E-state index in [0.717, 1.165) is 0 Å². The maximum atomic E-state index is 5.55. The molecule has 0 fully saturated rings.